The molecule has 0 atom stereocenters. The summed E-state index contributed by atoms with van der Waals surface area (Å²) in [5.41, 5.74) is 3.60. The molecule has 0 radical (unpaired) electrons. The maximum Gasteiger partial charge on any atom is 0.305 e. The predicted octanol–water partition coefficient (Wildman–Crippen LogP) is 2.15. The molecular formula is C17H18ClN4O2+. The highest BCUT2D eigenvalue weighted by Gasteiger charge is 2.09. The largest absolute Gasteiger partial charge is 0.326 e. The van der Waals surface area contributed by atoms with E-state index in [-0.39, 0.29) is 24.8 Å². The van der Waals surface area contributed by atoms with E-state index in [9.17, 15) is 9.59 Å². The van der Waals surface area contributed by atoms with Gasteiger partial charge in [0.15, 0.2) is 12.4 Å². The minimum Gasteiger partial charge on any atom is -0.326 e. The minimum atomic E-state index is -0.261. The number of carbonyl (C=O) groups excluding carboxylic acids is 2. The number of halogens is 1. The third-order valence-electron chi connectivity index (χ3n) is 3.02. The van der Waals surface area contributed by atoms with Crippen LogP contribution < -0.4 is 15.3 Å². The van der Waals surface area contributed by atoms with Crippen LogP contribution in [0.4, 0.5) is 5.69 Å². The summed E-state index contributed by atoms with van der Waals surface area (Å²) >= 11 is 5.79. The number of aromatic nitrogens is 1. The number of hydrogen-bond acceptors (Lipinski definition) is 3. The van der Waals surface area contributed by atoms with Gasteiger partial charge >= 0.3 is 5.91 Å². The molecule has 2 N–H and O–H groups in total. The van der Waals surface area contributed by atoms with E-state index < -0.39 is 0 Å². The van der Waals surface area contributed by atoms with Gasteiger partial charge in [-0.05, 0) is 31.2 Å². The van der Waals surface area contributed by atoms with E-state index in [1.807, 2.05) is 18.2 Å². The number of amides is 2. The van der Waals surface area contributed by atoms with Gasteiger partial charge in [0.25, 0.3) is 0 Å². The Morgan fingerprint density at radius 3 is 2.42 bits per heavy atom. The quantitative estimate of drug-likeness (QED) is 0.478. The standard InChI is InChI=1S/C17H17ClN4O2/c1-13(11-16(23)19-15-7-5-14(18)6-8-15)20-21-17(24)12-22-9-3-2-4-10-22/h2-10H,11-12H2,1H3,(H-,19,21,23,24)/p+1/b20-13+. The second-order valence-corrected chi connectivity index (χ2v) is 5.60. The summed E-state index contributed by atoms with van der Waals surface area (Å²) in [6, 6.07) is 12.4. The summed E-state index contributed by atoms with van der Waals surface area (Å²) in [5, 5.41) is 7.27. The lowest BCUT2D eigenvalue weighted by molar-refractivity contribution is -0.684. The highest BCUT2D eigenvalue weighted by Crippen LogP contribution is 2.13. The first-order valence-corrected chi connectivity index (χ1v) is 7.72. The van der Waals surface area contributed by atoms with Crippen LogP contribution in [-0.4, -0.2) is 17.5 Å². The SMILES string of the molecule is C/C(CC(=O)Nc1ccc(Cl)cc1)=N\NC(=O)C[n+]1ccccc1. The lowest BCUT2D eigenvalue weighted by Crippen LogP contribution is -2.41. The van der Waals surface area contributed by atoms with Crippen LogP contribution in [0.1, 0.15) is 13.3 Å². The van der Waals surface area contributed by atoms with Crippen molar-refractivity contribution < 1.29 is 14.2 Å². The summed E-state index contributed by atoms with van der Waals surface area (Å²) in [4.78, 5) is 23.7. The molecule has 0 saturated heterocycles. The molecule has 6 nitrogen and oxygen atoms in total. The van der Waals surface area contributed by atoms with Crippen LogP contribution in [0.25, 0.3) is 0 Å². The topological polar surface area (TPSA) is 74.4 Å². The zero-order valence-corrected chi connectivity index (χ0v) is 14.0. The van der Waals surface area contributed by atoms with Gasteiger partial charge in [0.05, 0.1) is 6.42 Å². The van der Waals surface area contributed by atoms with Crippen LogP contribution in [0.5, 0.6) is 0 Å². The fraction of sp³-hybridized carbons (Fsp3) is 0.176. The van der Waals surface area contributed by atoms with Crippen LogP contribution in [-0.2, 0) is 16.1 Å². The lowest BCUT2D eigenvalue weighted by Gasteiger charge is -2.05. The molecule has 7 heteroatoms. The minimum absolute atomic E-state index is 0.0847. The van der Waals surface area contributed by atoms with Gasteiger partial charge in [0.2, 0.25) is 12.5 Å². The van der Waals surface area contributed by atoms with E-state index in [0.29, 0.717) is 16.4 Å². The molecule has 124 valence electrons. The predicted molar refractivity (Wildman–Crippen MR) is 92.6 cm³/mol. The number of nitrogens with one attached hydrogen (secondary N) is 2. The Balaban J connectivity index is 1.79. The normalized spacial score (nSPS) is 11.0. The molecule has 1 aromatic carbocycles. The number of nitrogens with zero attached hydrogens (tertiary/aromatic N) is 2. The smallest absolute Gasteiger partial charge is 0.305 e. The number of carbonyl (C=O) groups is 2. The van der Waals surface area contributed by atoms with Gasteiger partial charge in [-0.15, -0.1) is 0 Å². The lowest BCUT2D eigenvalue weighted by atomic mass is 10.2. The summed E-state index contributed by atoms with van der Waals surface area (Å²) in [6.45, 7) is 1.84. The van der Waals surface area contributed by atoms with Gasteiger partial charge in [-0.25, -0.2) is 5.43 Å². The Hall–Kier alpha value is -2.73. The van der Waals surface area contributed by atoms with Gasteiger partial charge < -0.3 is 5.32 Å². The van der Waals surface area contributed by atoms with E-state index in [1.54, 1.807) is 48.1 Å². The summed E-state index contributed by atoms with van der Waals surface area (Å²) < 4.78 is 1.73. The number of pyridine rings is 1. The van der Waals surface area contributed by atoms with Gasteiger partial charge in [-0.1, -0.05) is 17.7 Å². The molecule has 0 bridgehead atoms. The van der Waals surface area contributed by atoms with Crippen molar-refractivity contribution in [2.24, 2.45) is 5.10 Å². The van der Waals surface area contributed by atoms with Gasteiger partial charge in [-0.2, -0.15) is 9.67 Å². The van der Waals surface area contributed by atoms with Crippen molar-refractivity contribution in [3.05, 3.63) is 59.9 Å². The van der Waals surface area contributed by atoms with Crippen molar-refractivity contribution in [2.45, 2.75) is 19.9 Å². The van der Waals surface area contributed by atoms with Crippen LogP contribution in [0.2, 0.25) is 5.02 Å². The first kappa shape index (κ1) is 17.6. The van der Waals surface area contributed by atoms with Crippen molar-refractivity contribution in [1.29, 1.82) is 0 Å². The van der Waals surface area contributed by atoms with Crippen LogP contribution in [0.3, 0.4) is 0 Å². The van der Waals surface area contributed by atoms with Crippen LogP contribution >= 0.6 is 11.6 Å². The van der Waals surface area contributed by atoms with Crippen molar-refractivity contribution in [3.8, 4) is 0 Å². The van der Waals surface area contributed by atoms with Crippen molar-refractivity contribution >= 4 is 34.8 Å². The average molecular weight is 346 g/mol. The van der Waals surface area contributed by atoms with Crippen LogP contribution in [0.15, 0.2) is 60.0 Å². The Morgan fingerprint density at radius 1 is 1.08 bits per heavy atom. The average Bonchev–Trinajstić information content (AvgIpc) is 2.56. The molecule has 2 aromatic rings. The maximum absolute atomic E-state index is 11.9. The van der Waals surface area contributed by atoms with E-state index in [0.717, 1.165) is 0 Å². The van der Waals surface area contributed by atoms with Crippen molar-refractivity contribution in [3.63, 3.8) is 0 Å². The first-order chi connectivity index (χ1) is 11.5. The molecule has 2 amide bonds. The van der Waals surface area contributed by atoms with Crippen molar-refractivity contribution in [1.82, 2.24) is 5.43 Å². The Kier molecular flexibility index (Phi) is 6.45. The molecule has 2 rings (SSSR count). The molecule has 24 heavy (non-hydrogen) atoms. The van der Waals surface area contributed by atoms with Gasteiger partial charge in [0.1, 0.15) is 0 Å². The zero-order valence-electron chi connectivity index (χ0n) is 13.2. The van der Waals surface area contributed by atoms with E-state index >= 15 is 0 Å². The molecule has 0 aliphatic rings. The molecule has 0 unspecified atom stereocenters. The highest BCUT2D eigenvalue weighted by atomic mass is 35.5. The third-order valence-corrected chi connectivity index (χ3v) is 3.27. The summed E-state index contributed by atoms with van der Waals surface area (Å²) in [6.07, 6.45) is 3.66. The van der Waals surface area contributed by atoms with Crippen LogP contribution in [0, 0.1) is 0 Å². The highest BCUT2D eigenvalue weighted by molar-refractivity contribution is 6.30. The molecule has 0 aliphatic carbocycles. The fourth-order valence-electron chi connectivity index (χ4n) is 1.91. The maximum atomic E-state index is 11.9. The number of hydrazone groups is 1. The van der Waals surface area contributed by atoms with Gasteiger partial charge in [-0.3, -0.25) is 9.59 Å². The number of benzene rings is 1. The molecule has 0 aliphatic heterocycles. The molecule has 1 aromatic heterocycles. The molecule has 0 fully saturated rings. The first-order valence-electron chi connectivity index (χ1n) is 7.34. The number of rotatable bonds is 6. The fourth-order valence-corrected chi connectivity index (χ4v) is 2.03. The monoisotopic (exact) mass is 345 g/mol. The zero-order chi connectivity index (χ0) is 17.4. The summed E-state index contributed by atoms with van der Waals surface area (Å²) in [5.74, 6) is -0.478. The number of hydrogen-bond donors (Lipinski definition) is 2. The molecule has 0 spiro atoms. The van der Waals surface area contributed by atoms with E-state index in [4.69, 9.17) is 11.6 Å². The Bertz CT molecular complexity index is 730. The van der Waals surface area contributed by atoms with E-state index in [1.165, 1.54) is 0 Å². The Labute approximate surface area is 145 Å². The second kappa shape index (κ2) is 8.79. The second-order valence-electron chi connectivity index (χ2n) is 5.16. The number of anilines is 1. The van der Waals surface area contributed by atoms with Gasteiger partial charge in [0, 0.05) is 28.6 Å². The van der Waals surface area contributed by atoms with E-state index in [2.05, 4.69) is 15.8 Å². The molecule has 1 heterocycles. The third kappa shape index (κ3) is 6.18. The molecular weight excluding hydrogens is 328 g/mol. The summed E-state index contributed by atoms with van der Waals surface area (Å²) in [7, 11) is 0. The van der Waals surface area contributed by atoms with Crippen molar-refractivity contribution in [2.75, 3.05) is 5.32 Å². The molecule has 0 saturated carbocycles. The Morgan fingerprint density at radius 2 is 1.75 bits per heavy atom.